The Hall–Kier alpha value is -0.690. The Labute approximate surface area is 168 Å². The number of hydrogen-bond donors (Lipinski definition) is 0. The lowest BCUT2D eigenvalue weighted by Crippen LogP contribution is -2.37. The van der Waals surface area contributed by atoms with Crippen LogP contribution in [0.3, 0.4) is 0 Å². The van der Waals surface area contributed by atoms with E-state index in [1.54, 1.807) is 0 Å². The van der Waals surface area contributed by atoms with Gasteiger partial charge in [-0.1, -0.05) is 13.8 Å². The lowest BCUT2D eigenvalue weighted by Gasteiger charge is -2.27. The molecule has 0 aromatic heterocycles. The van der Waals surface area contributed by atoms with E-state index in [1.807, 2.05) is 0 Å². The molecular weight excluding hydrogens is 360 g/mol. The van der Waals surface area contributed by atoms with E-state index in [-0.39, 0.29) is 43.1 Å². The average Bonchev–Trinajstić information content (AvgIpc) is 3.27. The Kier molecular flexibility index (Phi) is 6.92. The SMILES string of the molecule is CC1CCC(OCOC2COC3C(OC(=O)C4CCC(C)CC4)COC23)CC1. The molecule has 0 radical (unpaired) electrons. The first-order chi connectivity index (χ1) is 13.6. The van der Waals surface area contributed by atoms with Gasteiger partial charge in [0.25, 0.3) is 0 Å². The van der Waals surface area contributed by atoms with E-state index in [0.717, 1.165) is 50.4 Å². The number of rotatable bonds is 6. The van der Waals surface area contributed by atoms with Gasteiger partial charge in [-0.15, -0.1) is 0 Å². The summed E-state index contributed by atoms with van der Waals surface area (Å²) >= 11 is 0. The lowest BCUT2D eigenvalue weighted by molar-refractivity contribution is -0.161. The highest BCUT2D eigenvalue weighted by atomic mass is 16.7. The number of fused-ring (bicyclic) bond motifs is 1. The molecule has 0 aromatic carbocycles. The van der Waals surface area contributed by atoms with Crippen LogP contribution in [0.15, 0.2) is 0 Å². The predicted molar refractivity (Wildman–Crippen MR) is 103 cm³/mol. The average molecular weight is 397 g/mol. The third-order valence-electron chi connectivity index (χ3n) is 7.13. The maximum absolute atomic E-state index is 12.5. The van der Waals surface area contributed by atoms with Crippen LogP contribution in [-0.4, -0.2) is 56.5 Å². The molecule has 2 saturated carbocycles. The van der Waals surface area contributed by atoms with E-state index in [2.05, 4.69) is 13.8 Å². The van der Waals surface area contributed by atoms with Gasteiger partial charge < -0.3 is 23.7 Å². The van der Waals surface area contributed by atoms with Gasteiger partial charge in [-0.3, -0.25) is 4.79 Å². The maximum atomic E-state index is 12.5. The number of esters is 1. The van der Waals surface area contributed by atoms with Crippen LogP contribution in [0.5, 0.6) is 0 Å². The zero-order valence-electron chi connectivity index (χ0n) is 17.3. The summed E-state index contributed by atoms with van der Waals surface area (Å²) in [7, 11) is 0. The molecule has 0 spiro atoms. The van der Waals surface area contributed by atoms with Crippen molar-refractivity contribution in [3.63, 3.8) is 0 Å². The molecule has 160 valence electrons. The van der Waals surface area contributed by atoms with E-state index < -0.39 is 0 Å². The third-order valence-corrected chi connectivity index (χ3v) is 7.13. The molecule has 0 aromatic rings. The van der Waals surface area contributed by atoms with Crippen LogP contribution in [0, 0.1) is 17.8 Å². The van der Waals surface area contributed by atoms with E-state index >= 15 is 0 Å². The topological polar surface area (TPSA) is 63.2 Å². The molecule has 2 heterocycles. The summed E-state index contributed by atoms with van der Waals surface area (Å²) in [5, 5.41) is 0. The Balaban J connectivity index is 1.18. The van der Waals surface area contributed by atoms with Crippen LogP contribution >= 0.6 is 0 Å². The van der Waals surface area contributed by atoms with Crippen molar-refractivity contribution >= 4 is 5.97 Å². The second kappa shape index (κ2) is 9.41. The van der Waals surface area contributed by atoms with E-state index in [1.165, 1.54) is 12.8 Å². The van der Waals surface area contributed by atoms with Crippen molar-refractivity contribution < 1.29 is 28.5 Å². The molecule has 0 N–H and O–H groups in total. The quantitative estimate of drug-likeness (QED) is 0.506. The van der Waals surface area contributed by atoms with Gasteiger partial charge in [0.2, 0.25) is 0 Å². The molecule has 4 aliphatic rings. The van der Waals surface area contributed by atoms with Crippen LogP contribution in [0.4, 0.5) is 0 Å². The minimum Gasteiger partial charge on any atom is -0.457 e. The van der Waals surface area contributed by atoms with Gasteiger partial charge in [-0.05, 0) is 63.2 Å². The number of hydrogen-bond acceptors (Lipinski definition) is 6. The molecule has 2 saturated heterocycles. The maximum Gasteiger partial charge on any atom is 0.309 e. The van der Waals surface area contributed by atoms with Crippen molar-refractivity contribution in [1.29, 1.82) is 0 Å². The summed E-state index contributed by atoms with van der Waals surface area (Å²) in [5.74, 6) is 1.49. The highest BCUT2D eigenvalue weighted by Crippen LogP contribution is 2.34. The predicted octanol–water partition coefficient (Wildman–Crippen LogP) is 3.46. The van der Waals surface area contributed by atoms with Crippen LogP contribution in [0.25, 0.3) is 0 Å². The van der Waals surface area contributed by atoms with Crippen molar-refractivity contribution in [3.8, 4) is 0 Å². The van der Waals surface area contributed by atoms with Gasteiger partial charge in [0.15, 0.2) is 6.10 Å². The normalized spacial score (nSPS) is 43.6. The summed E-state index contributed by atoms with van der Waals surface area (Å²) in [6, 6.07) is 0. The fraction of sp³-hybridized carbons (Fsp3) is 0.955. The van der Waals surface area contributed by atoms with Gasteiger partial charge in [0.05, 0.1) is 25.2 Å². The van der Waals surface area contributed by atoms with Crippen LogP contribution in [0.1, 0.15) is 65.2 Å². The minimum absolute atomic E-state index is 0.0373. The van der Waals surface area contributed by atoms with E-state index in [9.17, 15) is 4.79 Å². The van der Waals surface area contributed by atoms with Gasteiger partial charge in [-0.25, -0.2) is 0 Å². The fourth-order valence-corrected chi connectivity index (χ4v) is 5.03. The summed E-state index contributed by atoms with van der Waals surface area (Å²) in [5.41, 5.74) is 0. The van der Waals surface area contributed by atoms with Gasteiger partial charge >= 0.3 is 5.97 Å². The second-order valence-corrected chi connectivity index (χ2v) is 9.40. The molecule has 6 heteroatoms. The summed E-state index contributed by atoms with van der Waals surface area (Å²) in [6.45, 7) is 5.70. The highest BCUT2D eigenvalue weighted by molar-refractivity contribution is 5.72. The molecule has 6 nitrogen and oxygen atoms in total. The largest absolute Gasteiger partial charge is 0.457 e. The molecule has 4 unspecified atom stereocenters. The standard InChI is InChI=1S/C22H36O6/c1-14-3-7-16(8-4-14)22(23)28-19-12-25-20-18(11-24-21(19)20)27-13-26-17-9-5-15(2)6-10-17/h14-21H,3-13H2,1-2H3. The third kappa shape index (κ3) is 4.89. The first-order valence-electron chi connectivity index (χ1n) is 11.3. The van der Waals surface area contributed by atoms with E-state index in [4.69, 9.17) is 23.7 Å². The van der Waals surface area contributed by atoms with Crippen LogP contribution < -0.4 is 0 Å². The number of carbonyl (C=O) groups excluding carboxylic acids is 1. The molecule has 4 rings (SSSR count). The van der Waals surface area contributed by atoms with Gasteiger partial charge in [0, 0.05) is 0 Å². The molecule has 0 amide bonds. The first kappa shape index (κ1) is 20.6. The summed E-state index contributed by atoms with van der Waals surface area (Å²) < 4.78 is 29.4. The lowest BCUT2D eigenvalue weighted by atomic mass is 9.83. The Bertz CT molecular complexity index is 509. The Morgan fingerprint density at radius 3 is 2.04 bits per heavy atom. The van der Waals surface area contributed by atoms with Gasteiger partial charge in [-0.2, -0.15) is 0 Å². The van der Waals surface area contributed by atoms with Crippen molar-refractivity contribution in [2.45, 2.75) is 95.7 Å². The van der Waals surface area contributed by atoms with Gasteiger partial charge in [0.1, 0.15) is 25.1 Å². The van der Waals surface area contributed by atoms with E-state index in [0.29, 0.717) is 19.3 Å². The molecule has 28 heavy (non-hydrogen) atoms. The van der Waals surface area contributed by atoms with Crippen molar-refractivity contribution in [3.05, 3.63) is 0 Å². The van der Waals surface area contributed by atoms with Crippen LogP contribution in [0.2, 0.25) is 0 Å². The highest BCUT2D eigenvalue weighted by Gasteiger charge is 2.50. The number of ether oxygens (including phenoxy) is 5. The summed E-state index contributed by atoms with van der Waals surface area (Å²) in [4.78, 5) is 12.5. The smallest absolute Gasteiger partial charge is 0.309 e. The second-order valence-electron chi connectivity index (χ2n) is 9.40. The summed E-state index contributed by atoms with van der Waals surface area (Å²) in [6.07, 6.45) is 8.26. The molecule has 2 aliphatic carbocycles. The van der Waals surface area contributed by atoms with Crippen molar-refractivity contribution in [2.75, 3.05) is 20.0 Å². The molecular formula is C22H36O6. The monoisotopic (exact) mass is 396 g/mol. The van der Waals surface area contributed by atoms with Crippen molar-refractivity contribution in [1.82, 2.24) is 0 Å². The number of carbonyl (C=O) groups is 1. The molecule has 0 bridgehead atoms. The Morgan fingerprint density at radius 1 is 0.786 bits per heavy atom. The molecule has 4 atom stereocenters. The minimum atomic E-state index is -0.314. The molecule has 2 aliphatic heterocycles. The van der Waals surface area contributed by atoms with Crippen LogP contribution in [-0.2, 0) is 28.5 Å². The fourth-order valence-electron chi connectivity index (χ4n) is 5.03. The Morgan fingerprint density at radius 2 is 1.36 bits per heavy atom. The zero-order valence-corrected chi connectivity index (χ0v) is 17.3. The first-order valence-corrected chi connectivity index (χ1v) is 11.3. The zero-order chi connectivity index (χ0) is 19.5. The van der Waals surface area contributed by atoms with Crippen molar-refractivity contribution in [2.24, 2.45) is 17.8 Å². The molecule has 4 fully saturated rings.